The molecule has 6 aromatic rings. The zero-order valence-corrected chi connectivity index (χ0v) is 24.0. The van der Waals surface area contributed by atoms with Crippen molar-refractivity contribution < 1.29 is 31.4 Å². The van der Waals surface area contributed by atoms with E-state index in [-0.39, 0.29) is 17.2 Å². The van der Waals surface area contributed by atoms with Gasteiger partial charge in [0.05, 0.1) is 11.1 Å². The third-order valence-corrected chi connectivity index (χ3v) is 7.24. The van der Waals surface area contributed by atoms with E-state index in [0.29, 0.717) is 34.7 Å². The number of aromatic nitrogens is 4. The van der Waals surface area contributed by atoms with Crippen LogP contribution in [0.3, 0.4) is 0 Å². The van der Waals surface area contributed by atoms with Crippen LogP contribution in [-0.4, -0.2) is 34.9 Å². The predicted molar refractivity (Wildman–Crippen MR) is 160 cm³/mol. The molecule has 0 aliphatic rings. The lowest BCUT2D eigenvalue weighted by molar-refractivity contribution is -0.688. The van der Waals surface area contributed by atoms with Crippen LogP contribution in [0.4, 0.5) is 34.8 Å². The van der Waals surface area contributed by atoms with Crippen LogP contribution in [0.5, 0.6) is 0 Å². The molecule has 3 aromatic carbocycles. The van der Waals surface area contributed by atoms with Crippen LogP contribution in [0.2, 0.25) is 0 Å². The van der Waals surface area contributed by atoms with Crippen molar-refractivity contribution in [1.82, 2.24) is 14.9 Å². The Morgan fingerprint density at radius 1 is 1.00 bits per heavy atom. The van der Waals surface area contributed by atoms with E-state index in [0.717, 1.165) is 22.0 Å². The van der Waals surface area contributed by atoms with Crippen LogP contribution in [0, 0.1) is 5.82 Å². The number of halogens is 4. The van der Waals surface area contributed by atoms with Gasteiger partial charge < -0.3 is 20.5 Å². The Morgan fingerprint density at radius 3 is 2.47 bits per heavy atom. The first kappa shape index (κ1) is 29.4. The van der Waals surface area contributed by atoms with Crippen LogP contribution >= 0.6 is 0 Å². The topological polar surface area (TPSA) is 106 Å². The molecule has 0 radical (unpaired) electrons. The molecular weight excluding hydrogens is 590 g/mol. The van der Waals surface area contributed by atoms with E-state index in [2.05, 4.69) is 15.6 Å². The van der Waals surface area contributed by atoms with Gasteiger partial charge in [0, 0.05) is 54.8 Å². The quantitative estimate of drug-likeness (QED) is 0.167. The van der Waals surface area contributed by atoms with E-state index in [1.54, 1.807) is 12.1 Å². The van der Waals surface area contributed by atoms with Gasteiger partial charge in [-0.05, 0) is 42.0 Å². The van der Waals surface area contributed by atoms with Crippen LogP contribution < -0.4 is 20.5 Å². The van der Waals surface area contributed by atoms with Crippen molar-refractivity contribution in [3.8, 4) is 16.8 Å². The number of anilines is 3. The first-order valence-corrected chi connectivity index (χ1v) is 13.7. The van der Waals surface area contributed by atoms with Crippen LogP contribution in [0.25, 0.3) is 27.8 Å². The third kappa shape index (κ3) is 5.92. The van der Waals surface area contributed by atoms with Gasteiger partial charge >= 0.3 is 6.18 Å². The summed E-state index contributed by atoms with van der Waals surface area (Å²) < 4.78 is 64.3. The van der Waals surface area contributed by atoms with Crippen molar-refractivity contribution in [3.05, 3.63) is 114 Å². The molecule has 1 amide bonds. The average molecular weight is 617 g/mol. The number of carbonyl (C=O) groups excluding carboxylic acids is 1. The molecule has 0 aliphatic heterocycles. The lowest BCUT2D eigenvalue weighted by Gasteiger charge is -2.12. The minimum absolute atomic E-state index is 0.0269. The van der Waals surface area contributed by atoms with Gasteiger partial charge in [0.25, 0.3) is 5.91 Å². The predicted octanol–water partition coefficient (Wildman–Crippen LogP) is 6.07. The highest BCUT2D eigenvalue weighted by molar-refractivity contribution is 6.04. The Morgan fingerprint density at radius 2 is 1.76 bits per heavy atom. The number of hydrogen-bond donors (Lipinski definition) is 2. The van der Waals surface area contributed by atoms with E-state index in [1.807, 2.05) is 60.2 Å². The second-order valence-corrected chi connectivity index (χ2v) is 10.5. The number of amides is 1. The largest absolute Gasteiger partial charge is 0.435 e. The summed E-state index contributed by atoms with van der Waals surface area (Å²) in [5.41, 5.74) is 7.44. The van der Waals surface area contributed by atoms with Gasteiger partial charge in [-0.1, -0.05) is 29.4 Å². The maximum absolute atomic E-state index is 15.6. The summed E-state index contributed by atoms with van der Waals surface area (Å²) in [7, 11) is 3.91. The number of nitrogens with one attached hydrogen (secondary N) is 1. The smallest absolute Gasteiger partial charge is 0.380 e. The number of nitrogen functional groups attached to an aromatic ring is 1. The number of nitrogens with zero attached hydrogens (tertiary/aromatic N) is 5. The second-order valence-electron chi connectivity index (χ2n) is 10.5. The van der Waals surface area contributed by atoms with Crippen LogP contribution in [-0.2, 0) is 12.7 Å². The van der Waals surface area contributed by atoms with Gasteiger partial charge in [0.1, 0.15) is 11.5 Å². The van der Waals surface area contributed by atoms with E-state index in [1.165, 1.54) is 30.3 Å². The first-order valence-electron chi connectivity index (χ1n) is 13.7. The summed E-state index contributed by atoms with van der Waals surface area (Å²) in [4.78, 5) is 15.3. The number of pyridine rings is 1. The molecule has 0 aliphatic carbocycles. The molecule has 3 heterocycles. The minimum atomic E-state index is -4.82. The number of rotatable bonds is 7. The molecule has 0 atom stereocenters. The second kappa shape index (κ2) is 11.4. The Kier molecular flexibility index (Phi) is 7.44. The fraction of sp³-hybridized carbons (Fsp3) is 0.125. The minimum Gasteiger partial charge on any atom is -0.380 e. The Bertz CT molecular complexity index is 2030. The zero-order valence-electron chi connectivity index (χ0n) is 24.0. The zero-order chi connectivity index (χ0) is 31.9. The molecule has 0 saturated heterocycles. The van der Waals surface area contributed by atoms with Gasteiger partial charge in [0.2, 0.25) is 0 Å². The standard InChI is InChI=1S/C32H25F4N7O2/c1-41(2)21-11-13-42(14-12-21)18-19-5-3-4-6-23(19)24-9-7-20(15-26(24)33)38-31(44)27-17-29(32(34,35)36)39-43(27)22-8-10-28-25(16-22)30(37)40-45-28/h3-17H,18H2,1-2H3,(H2-,37,38,40,44)/p+1. The molecule has 0 bridgehead atoms. The van der Waals surface area contributed by atoms with Gasteiger partial charge in [-0.25, -0.2) is 13.6 Å². The number of fused-ring (bicyclic) bond motifs is 1. The number of nitrogens with two attached hydrogens (primary N) is 1. The van der Waals surface area contributed by atoms with Crippen molar-refractivity contribution in [2.24, 2.45) is 0 Å². The molecule has 3 aromatic heterocycles. The highest BCUT2D eigenvalue weighted by atomic mass is 19.4. The van der Waals surface area contributed by atoms with Gasteiger partial charge in [-0.3, -0.25) is 4.79 Å². The summed E-state index contributed by atoms with van der Waals surface area (Å²) >= 11 is 0. The molecular formula is C32H26F4N7O2+. The fourth-order valence-electron chi connectivity index (χ4n) is 4.93. The van der Waals surface area contributed by atoms with Crippen molar-refractivity contribution >= 4 is 34.1 Å². The molecule has 0 unspecified atom stereocenters. The maximum atomic E-state index is 15.6. The van der Waals surface area contributed by atoms with Gasteiger partial charge in [0.15, 0.2) is 36.0 Å². The highest BCUT2D eigenvalue weighted by Gasteiger charge is 2.36. The molecule has 3 N–H and O–H groups in total. The molecule has 0 saturated carbocycles. The van der Waals surface area contributed by atoms with E-state index in [9.17, 15) is 18.0 Å². The summed E-state index contributed by atoms with van der Waals surface area (Å²) in [5, 5.41) is 10.1. The monoisotopic (exact) mass is 616 g/mol. The molecule has 0 spiro atoms. The van der Waals surface area contributed by atoms with Crippen LogP contribution in [0.1, 0.15) is 21.7 Å². The normalized spacial score (nSPS) is 11.6. The van der Waals surface area contributed by atoms with E-state index < -0.39 is 29.3 Å². The summed E-state index contributed by atoms with van der Waals surface area (Å²) in [6.07, 6.45) is -0.946. The van der Waals surface area contributed by atoms with Crippen LogP contribution in [0.15, 0.2) is 95.8 Å². The van der Waals surface area contributed by atoms with Gasteiger partial charge in [-0.15, -0.1) is 0 Å². The summed E-state index contributed by atoms with van der Waals surface area (Å²) in [5.74, 6) is -1.52. The maximum Gasteiger partial charge on any atom is 0.435 e. The Balaban J connectivity index is 1.28. The van der Waals surface area contributed by atoms with Crippen molar-refractivity contribution in [1.29, 1.82) is 0 Å². The number of hydrogen-bond acceptors (Lipinski definition) is 6. The molecule has 9 nitrogen and oxygen atoms in total. The molecule has 45 heavy (non-hydrogen) atoms. The van der Waals surface area contributed by atoms with E-state index in [4.69, 9.17) is 10.3 Å². The Labute approximate surface area is 254 Å². The Hall–Kier alpha value is -5.72. The number of carbonyl (C=O) groups is 1. The average Bonchev–Trinajstić information content (AvgIpc) is 3.62. The highest BCUT2D eigenvalue weighted by Crippen LogP contribution is 2.32. The SMILES string of the molecule is CN(C)c1cc[n+](Cc2ccccc2-c2ccc(NC(=O)c3cc(C(F)(F)F)nn3-c3ccc4onc(N)c4c3)cc2F)cc1. The van der Waals surface area contributed by atoms with Crippen molar-refractivity contribution in [2.75, 3.05) is 30.0 Å². The third-order valence-electron chi connectivity index (χ3n) is 7.24. The lowest BCUT2D eigenvalue weighted by atomic mass is 9.98. The molecule has 228 valence electrons. The van der Waals surface area contributed by atoms with Crippen molar-refractivity contribution in [2.45, 2.75) is 12.7 Å². The van der Waals surface area contributed by atoms with Crippen molar-refractivity contribution in [3.63, 3.8) is 0 Å². The first-order chi connectivity index (χ1) is 21.5. The summed E-state index contributed by atoms with van der Waals surface area (Å²) in [6, 6.07) is 20.4. The van der Waals surface area contributed by atoms with E-state index >= 15 is 4.39 Å². The number of benzene rings is 3. The van der Waals surface area contributed by atoms with Gasteiger partial charge in [-0.2, -0.15) is 18.3 Å². The fourth-order valence-corrected chi connectivity index (χ4v) is 4.93. The lowest BCUT2D eigenvalue weighted by Crippen LogP contribution is -2.33. The summed E-state index contributed by atoms with van der Waals surface area (Å²) in [6.45, 7) is 0.486. The molecule has 0 fully saturated rings. The molecule has 13 heteroatoms. The number of alkyl halides is 3. The molecule has 6 rings (SSSR count).